The van der Waals surface area contributed by atoms with Gasteiger partial charge in [0.2, 0.25) is 0 Å². The third kappa shape index (κ3) is 1.19. The Morgan fingerprint density at radius 1 is 1.11 bits per heavy atom. The van der Waals surface area contributed by atoms with Crippen molar-refractivity contribution in [3.05, 3.63) is 23.8 Å². The van der Waals surface area contributed by atoms with Gasteiger partial charge < -0.3 is 9.47 Å². The van der Waals surface area contributed by atoms with Crippen molar-refractivity contribution in [2.45, 2.75) is 39.4 Å². The van der Waals surface area contributed by atoms with Gasteiger partial charge in [0.05, 0.1) is 13.2 Å². The van der Waals surface area contributed by atoms with Crippen LogP contribution in [0.1, 0.15) is 33.6 Å². The zero-order chi connectivity index (χ0) is 13.0. The Hall–Kier alpha value is -0.930. The third-order valence-electron chi connectivity index (χ3n) is 5.19. The fourth-order valence-electron chi connectivity index (χ4n) is 3.73. The van der Waals surface area contributed by atoms with Crippen LogP contribution in [0.15, 0.2) is 23.8 Å². The molecule has 0 saturated carbocycles. The van der Waals surface area contributed by atoms with E-state index in [1.54, 1.807) is 0 Å². The summed E-state index contributed by atoms with van der Waals surface area (Å²) in [6.45, 7) is 7.27. The lowest BCUT2D eigenvalue weighted by Crippen LogP contribution is -2.61. The van der Waals surface area contributed by atoms with Crippen molar-refractivity contribution < 1.29 is 14.3 Å². The van der Waals surface area contributed by atoms with Gasteiger partial charge in [0.1, 0.15) is 0 Å². The molecule has 0 unspecified atom stereocenters. The number of hydrogen-bond acceptors (Lipinski definition) is 3. The molecule has 3 aliphatic rings. The number of carbonyl (C=O) groups excluding carboxylic acids is 1. The van der Waals surface area contributed by atoms with Crippen LogP contribution < -0.4 is 0 Å². The van der Waals surface area contributed by atoms with E-state index < -0.39 is 11.2 Å². The van der Waals surface area contributed by atoms with Crippen LogP contribution in [0, 0.1) is 10.8 Å². The van der Waals surface area contributed by atoms with Gasteiger partial charge in [0.25, 0.3) is 0 Å². The number of ketones is 1. The Morgan fingerprint density at radius 3 is 2.39 bits per heavy atom. The number of rotatable bonds is 0. The Labute approximate surface area is 108 Å². The van der Waals surface area contributed by atoms with Crippen LogP contribution in [0.4, 0.5) is 0 Å². The lowest BCUT2D eigenvalue weighted by Gasteiger charge is -2.56. The highest BCUT2D eigenvalue weighted by Crippen LogP contribution is 2.61. The minimum Gasteiger partial charge on any atom is -0.343 e. The van der Waals surface area contributed by atoms with Crippen LogP contribution in [0.5, 0.6) is 0 Å². The number of hydrogen-bond donors (Lipinski definition) is 0. The second-order valence-corrected chi connectivity index (χ2v) is 6.06. The quantitative estimate of drug-likeness (QED) is 0.618. The van der Waals surface area contributed by atoms with Crippen LogP contribution in [0.2, 0.25) is 0 Å². The summed E-state index contributed by atoms with van der Waals surface area (Å²) in [4.78, 5) is 12.6. The summed E-state index contributed by atoms with van der Waals surface area (Å²) in [6.07, 6.45) is 7.75. The van der Waals surface area contributed by atoms with E-state index in [1.165, 1.54) is 0 Å². The summed E-state index contributed by atoms with van der Waals surface area (Å²) in [5.41, 5.74) is 0.0272. The van der Waals surface area contributed by atoms with Crippen molar-refractivity contribution in [2.24, 2.45) is 10.8 Å². The minimum absolute atomic E-state index is 0.235. The molecule has 0 bridgehead atoms. The van der Waals surface area contributed by atoms with E-state index in [4.69, 9.17) is 9.47 Å². The molecule has 1 saturated heterocycles. The molecule has 0 radical (unpaired) electrons. The van der Waals surface area contributed by atoms with Gasteiger partial charge in [0.15, 0.2) is 11.6 Å². The van der Waals surface area contributed by atoms with E-state index in [1.807, 2.05) is 13.0 Å². The molecular weight excluding hydrogens is 228 g/mol. The third-order valence-corrected chi connectivity index (χ3v) is 5.19. The zero-order valence-electron chi connectivity index (χ0n) is 11.3. The van der Waals surface area contributed by atoms with E-state index >= 15 is 0 Å². The molecule has 0 aromatic carbocycles. The molecule has 2 atom stereocenters. The molecule has 2 aliphatic carbocycles. The van der Waals surface area contributed by atoms with Crippen LogP contribution in [0.25, 0.3) is 0 Å². The molecule has 1 heterocycles. The van der Waals surface area contributed by atoms with E-state index in [-0.39, 0.29) is 11.2 Å². The van der Waals surface area contributed by atoms with Gasteiger partial charge in [-0.15, -0.1) is 0 Å². The number of Topliss-reactive ketones (excluding diaryl/α,β-unsaturated/α-hetero) is 1. The van der Waals surface area contributed by atoms with E-state index in [0.29, 0.717) is 13.2 Å². The van der Waals surface area contributed by atoms with Gasteiger partial charge in [-0.1, -0.05) is 26.0 Å². The van der Waals surface area contributed by atoms with Crippen LogP contribution in [0.3, 0.4) is 0 Å². The average molecular weight is 248 g/mol. The molecule has 0 aromatic rings. The van der Waals surface area contributed by atoms with Crippen molar-refractivity contribution in [1.82, 2.24) is 0 Å². The number of carbonyl (C=O) groups is 1. The average Bonchev–Trinajstić information content (AvgIpc) is 2.80. The molecule has 3 rings (SSSR count). The Balaban J connectivity index is 2.22. The fraction of sp³-hybridized carbons (Fsp3) is 0.667. The van der Waals surface area contributed by atoms with Crippen LogP contribution >= 0.6 is 0 Å². The van der Waals surface area contributed by atoms with Crippen LogP contribution in [-0.2, 0) is 14.3 Å². The minimum atomic E-state index is -0.718. The molecule has 0 aromatic heterocycles. The SMILES string of the molecule is CC1=CC2(OCCO2)[C@]2(C)CC=CC[C@]2(C)C1=O. The molecule has 98 valence electrons. The van der Waals surface area contributed by atoms with Crippen molar-refractivity contribution in [3.8, 4) is 0 Å². The first kappa shape index (κ1) is 12.1. The van der Waals surface area contributed by atoms with Crippen molar-refractivity contribution in [3.63, 3.8) is 0 Å². The monoisotopic (exact) mass is 248 g/mol. The maximum atomic E-state index is 12.6. The molecule has 3 nitrogen and oxygen atoms in total. The first-order valence-electron chi connectivity index (χ1n) is 6.62. The van der Waals surface area contributed by atoms with Crippen molar-refractivity contribution in [2.75, 3.05) is 13.2 Å². The van der Waals surface area contributed by atoms with Crippen molar-refractivity contribution >= 4 is 5.78 Å². The molecule has 0 N–H and O–H groups in total. The second kappa shape index (κ2) is 3.55. The molecular formula is C15H20O3. The summed E-state index contributed by atoms with van der Waals surface area (Å²) in [5.74, 6) is -0.482. The molecule has 1 spiro atoms. The number of allylic oxidation sites excluding steroid dienone is 3. The normalized spacial score (nSPS) is 41.9. The van der Waals surface area contributed by atoms with Gasteiger partial charge >= 0.3 is 0 Å². The fourth-order valence-corrected chi connectivity index (χ4v) is 3.73. The lowest BCUT2D eigenvalue weighted by molar-refractivity contribution is -0.237. The molecule has 3 heteroatoms. The lowest BCUT2D eigenvalue weighted by atomic mass is 9.50. The van der Waals surface area contributed by atoms with E-state index in [9.17, 15) is 4.79 Å². The first-order chi connectivity index (χ1) is 8.45. The van der Waals surface area contributed by atoms with E-state index in [0.717, 1.165) is 18.4 Å². The van der Waals surface area contributed by atoms with Gasteiger partial charge in [-0.3, -0.25) is 4.79 Å². The Bertz CT molecular complexity index is 456. The summed E-state index contributed by atoms with van der Waals surface area (Å²) in [6, 6.07) is 0. The largest absolute Gasteiger partial charge is 0.343 e. The standard InChI is InChI=1S/C15H20O3/c1-11-10-15(17-8-9-18-15)14(3)7-5-4-6-13(14,2)12(11)16/h4-5,10H,6-9H2,1-3H3/t13-,14-/m1/s1. The Morgan fingerprint density at radius 2 is 1.72 bits per heavy atom. The highest BCUT2D eigenvalue weighted by atomic mass is 16.7. The number of ether oxygens (including phenoxy) is 2. The maximum Gasteiger partial charge on any atom is 0.195 e. The predicted molar refractivity (Wildman–Crippen MR) is 68.0 cm³/mol. The van der Waals surface area contributed by atoms with Crippen LogP contribution in [-0.4, -0.2) is 24.8 Å². The van der Waals surface area contributed by atoms with Gasteiger partial charge in [-0.05, 0) is 31.4 Å². The number of fused-ring (bicyclic) bond motifs is 2. The Kier molecular flexibility index (Phi) is 2.39. The smallest absolute Gasteiger partial charge is 0.195 e. The maximum absolute atomic E-state index is 12.6. The topological polar surface area (TPSA) is 35.5 Å². The summed E-state index contributed by atoms with van der Waals surface area (Å²) < 4.78 is 11.9. The van der Waals surface area contributed by atoms with E-state index in [2.05, 4.69) is 26.0 Å². The summed E-state index contributed by atoms with van der Waals surface area (Å²) in [7, 11) is 0. The molecule has 18 heavy (non-hydrogen) atoms. The first-order valence-corrected chi connectivity index (χ1v) is 6.62. The van der Waals surface area contributed by atoms with Gasteiger partial charge in [-0.2, -0.15) is 0 Å². The summed E-state index contributed by atoms with van der Waals surface area (Å²) in [5, 5.41) is 0. The molecule has 0 amide bonds. The van der Waals surface area contributed by atoms with Gasteiger partial charge in [-0.25, -0.2) is 0 Å². The highest BCUT2D eigenvalue weighted by molar-refractivity contribution is 6.01. The summed E-state index contributed by atoms with van der Waals surface area (Å²) >= 11 is 0. The predicted octanol–water partition coefficient (Wildman–Crippen LogP) is 2.62. The second-order valence-electron chi connectivity index (χ2n) is 6.06. The zero-order valence-corrected chi connectivity index (χ0v) is 11.3. The van der Waals surface area contributed by atoms with Crippen molar-refractivity contribution in [1.29, 1.82) is 0 Å². The molecule has 1 fully saturated rings. The highest BCUT2D eigenvalue weighted by Gasteiger charge is 2.65. The van der Waals surface area contributed by atoms with Gasteiger partial charge in [0, 0.05) is 10.8 Å². The molecule has 1 aliphatic heterocycles.